The van der Waals surface area contributed by atoms with Gasteiger partial charge in [-0.25, -0.2) is 9.97 Å². The standard InChI is InChI=1S/C24H25N5O2S/c1-26-22-17(6-15-2-4-16(5-3-15)21-11-32-14-27-21)7-19(29-20(22)10-25)23(30)28-18-8-24(9-18)12-31-13-24/h2-5,7,10-11,14,18,25-26H,6,8-9,12-13H2,1H3,(H,28,30). The van der Waals surface area contributed by atoms with Crippen LogP contribution < -0.4 is 10.6 Å². The number of rotatable bonds is 7. The van der Waals surface area contributed by atoms with Gasteiger partial charge in [0.1, 0.15) is 11.4 Å². The van der Waals surface area contributed by atoms with Gasteiger partial charge >= 0.3 is 0 Å². The van der Waals surface area contributed by atoms with Gasteiger partial charge in [0, 0.05) is 35.7 Å². The van der Waals surface area contributed by atoms with Gasteiger partial charge in [0.15, 0.2) is 0 Å². The lowest BCUT2D eigenvalue weighted by molar-refractivity contribution is -0.165. The van der Waals surface area contributed by atoms with Gasteiger partial charge in [0.05, 0.1) is 30.1 Å². The van der Waals surface area contributed by atoms with Crippen molar-refractivity contribution in [1.82, 2.24) is 15.3 Å². The van der Waals surface area contributed by atoms with Crippen LogP contribution in [-0.4, -0.2) is 48.4 Å². The van der Waals surface area contributed by atoms with Crippen molar-refractivity contribution >= 4 is 29.1 Å². The quantitative estimate of drug-likeness (QED) is 0.479. The summed E-state index contributed by atoms with van der Waals surface area (Å²) in [5.41, 5.74) is 7.80. The SMILES string of the molecule is CNc1c(Cc2ccc(-c3cscn3)cc2)cc(C(=O)NC2CC3(COC3)C2)nc1C=N. The van der Waals surface area contributed by atoms with E-state index in [-0.39, 0.29) is 17.4 Å². The molecule has 164 valence electrons. The highest BCUT2D eigenvalue weighted by molar-refractivity contribution is 7.07. The van der Waals surface area contributed by atoms with Gasteiger partial charge in [-0.2, -0.15) is 0 Å². The van der Waals surface area contributed by atoms with E-state index in [1.165, 1.54) is 6.21 Å². The Kier molecular flexibility index (Phi) is 5.48. The number of hydrogen-bond donors (Lipinski definition) is 3. The molecule has 1 spiro atoms. The monoisotopic (exact) mass is 447 g/mol. The first-order chi connectivity index (χ1) is 15.6. The predicted octanol–water partition coefficient (Wildman–Crippen LogP) is 3.74. The molecule has 0 atom stereocenters. The number of nitrogens with one attached hydrogen (secondary N) is 3. The average molecular weight is 448 g/mol. The Morgan fingerprint density at radius 2 is 2.09 bits per heavy atom. The van der Waals surface area contributed by atoms with Crippen LogP contribution in [0.25, 0.3) is 11.3 Å². The molecule has 5 rings (SSSR count). The van der Waals surface area contributed by atoms with Crippen LogP contribution in [0.15, 0.2) is 41.2 Å². The van der Waals surface area contributed by atoms with E-state index < -0.39 is 0 Å². The van der Waals surface area contributed by atoms with Crippen molar-refractivity contribution in [2.45, 2.75) is 25.3 Å². The molecule has 1 saturated carbocycles. The minimum atomic E-state index is -0.184. The van der Waals surface area contributed by atoms with Crippen LogP contribution in [0.3, 0.4) is 0 Å². The maximum absolute atomic E-state index is 12.9. The normalized spacial score (nSPS) is 16.8. The summed E-state index contributed by atoms with van der Waals surface area (Å²) < 4.78 is 5.31. The summed E-state index contributed by atoms with van der Waals surface area (Å²) in [6.45, 7) is 1.61. The van der Waals surface area contributed by atoms with Gasteiger partial charge in [-0.05, 0) is 36.5 Å². The third kappa shape index (κ3) is 3.91. The van der Waals surface area contributed by atoms with Crippen LogP contribution in [0.2, 0.25) is 0 Å². The number of benzene rings is 1. The Bertz CT molecular complexity index is 1130. The van der Waals surface area contributed by atoms with Crippen molar-refractivity contribution in [3.63, 3.8) is 0 Å². The Hall–Kier alpha value is -3.10. The fourth-order valence-electron chi connectivity index (χ4n) is 4.61. The molecule has 3 heterocycles. The maximum atomic E-state index is 12.9. The van der Waals surface area contributed by atoms with Gasteiger partial charge in [-0.1, -0.05) is 24.3 Å². The number of anilines is 1. The molecule has 3 N–H and O–H groups in total. The molecule has 0 unspecified atom stereocenters. The molecule has 8 heteroatoms. The van der Waals surface area contributed by atoms with Crippen molar-refractivity contribution in [2.24, 2.45) is 5.41 Å². The molecular weight excluding hydrogens is 422 g/mol. The number of carbonyl (C=O) groups excluding carboxylic acids is 1. The number of carbonyl (C=O) groups is 1. The van der Waals surface area contributed by atoms with Gasteiger partial charge in [-0.3, -0.25) is 4.79 Å². The number of thiazole rings is 1. The minimum Gasteiger partial charge on any atom is -0.386 e. The zero-order valence-corrected chi connectivity index (χ0v) is 18.7. The summed E-state index contributed by atoms with van der Waals surface area (Å²) in [4.78, 5) is 21.7. The molecule has 32 heavy (non-hydrogen) atoms. The van der Waals surface area contributed by atoms with E-state index in [1.807, 2.05) is 24.0 Å². The van der Waals surface area contributed by atoms with E-state index in [1.54, 1.807) is 11.3 Å². The van der Waals surface area contributed by atoms with Crippen molar-refractivity contribution < 1.29 is 9.53 Å². The molecule has 3 aromatic rings. The average Bonchev–Trinajstić information content (AvgIpc) is 3.29. The lowest BCUT2D eigenvalue weighted by Crippen LogP contribution is -2.59. The Morgan fingerprint density at radius 1 is 1.31 bits per heavy atom. The van der Waals surface area contributed by atoms with Crippen molar-refractivity contribution in [3.8, 4) is 11.3 Å². The van der Waals surface area contributed by atoms with Crippen molar-refractivity contribution in [1.29, 1.82) is 5.41 Å². The van der Waals surface area contributed by atoms with Crippen LogP contribution in [0, 0.1) is 10.8 Å². The van der Waals surface area contributed by atoms with Crippen LogP contribution in [0.1, 0.15) is 40.2 Å². The smallest absolute Gasteiger partial charge is 0.270 e. The summed E-state index contributed by atoms with van der Waals surface area (Å²) in [5, 5.41) is 16.1. The Balaban J connectivity index is 1.36. The topological polar surface area (TPSA) is 100.0 Å². The fourth-order valence-corrected chi connectivity index (χ4v) is 5.17. The largest absolute Gasteiger partial charge is 0.386 e. The first kappa shape index (κ1) is 20.8. The van der Waals surface area contributed by atoms with E-state index in [4.69, 9.17) is 10.1 Å². The Morgan fingerprint density at radius 3 is 2.69 bits per heavy atom. The van der Waals surface area contributed by atoms with E-state index in [9.17, 15) is 4.79 Å². The van der Waals surface area contributed by atoms with Crippen molar-refractivity contribution in [2.75, 3.05) is 25.6 Å². The summed E-state index contributed by atoms with van der Waals surface area (Å²) in [6.07, 6.45) is 3.74. The third-order valence-electron chi connectivity index (χ3n) is 6.34. The van der Waals surface area contributed by atoms with Crippen LogP contribution >= 0.6 is 11.3 Å². The molecule has 0 radical (unpaired) electrons. The van der Waals surface area contributed by atoms with E-state index >= 15 is 0 Å². The first-order valence-corrected chi connectivity index (χ1v) is 11.6. The number of amides is 1. The second-order valence-corrected chi connectivity index (χ2v) is 9.36. The lowest BCUT2D eigenvalue weighted by atomic mass is 9.64. The molecule has 2 aromatic heterocycles. The highest BCUT2D eigenvalue weighted by atomic mass is 32.1. The van der Waals surface area contributed by atoms with Gasteiger partial charge in [0.25, 0.3) is 5.91 Å². The molecule has 2 aliphatic rings. The molecule has 1 aliphatic heterocycles. The second kappa shape index (κ2) is 8.44. The van der Waals surface area contributed by atoms with Gasteiger partial charge < -0.3 is 20.8 Å². The van der Waals surface area contributed by atoms with E-state index in [0.717, 1.165) is 54.1 Å². The molecule has 1 aliphatic carbocycles. The van der Waals surface area contributed by atoms with Crippen LogP contribution in [-0.2, 0) is 11.2 Å². The molecule has 0 bridgehead atoms. The summed E-state index contributed by atoms with van der Waals surface area (Å²) in [6, 6.07) is 10.3. The fraction of sp³-hybridized carbons (Fsp3) is 0.333. The first-order valence-electron chi connectivity index (χ1n) is 10.7. The second-order valence-electron chi connectivity index (χ2n) is 8.64. The number of pyridine rings is 1. The highest BCUT2D eigenvalue weighted by Gasteiger charge is 2.50. The molecule has 2 fully saturated rings. The highest BCUT2D eigenvalue weighted by Crippen LogP contribution is 2.46. The van der Waals surface area contributed by atoms with E-state index in [2.05, 4.69) is 44.9 Å². The molecule has 1 saturated heterocycles. The molecular formula is C24H25N5O2S. The van der Waals surface area contributed by atoms with E-state index in [0.29, 0.717) is 17.8 Å². The van der Waals surface area contributed by atoms with Crippen molar-refractivity contribution in [3.05, 3.63) is 63.7 Å². The number of ether oxygens (including phenoxy) is 1. The Labute approximate surface area is 190 Å². The zero-order valence-electron chi connectivity index (χ0n) is 17.9. The summed E-state index contributed by atoms with van der Waals surface area (Å²) in [7, 11) is 1.81. The van der Waals surface area contributed by atoms with Gasteiger partial charge in [0.2, 0.25) is 0 Å². The predicted molar refractivity (Wildman–Crippen MR) is 126 cm³/mol. The molecule has 1 aromatic carbocycles. The van der Waals surface area contributed by atoms with Crippen LogP contribution in [0.4, 0.5) is 5.69 Å². The molecule has 1 amide bonds. The summed E-state index contributed by atoms with van der Waals surface area (Å²) >= 11 is 1.58. The molecule has 7 nitrogen and oxygen atoms in total. The van der Waals surface area contributed by atoms with Crippen LogP contribution in [0.5, 0.6) is 0 Å². The van der Waals surface area contributed by atoms with Gasteiger partial charge in [-0.15, -0.1) is 11.3 Å². The minimum absolute atomic E-state index is 0.169. The third-order valence-corrected chi connectivity index (χ3v) is 6.92. The zero-order chi connectivity index (χ0) is 22.1. The summed E-state index contributed by atoms with van der Waals surface area (Å²) in [5.74, 6) is -0.184. The number of hydrogen-bond acceptors (Lipinski definition) is 7. The number of nitrogens with zero attached hydrogens (tertiary/aromatic N) is 2. The number of aromatic nitrogens is 2. The maximum Gasteiger partial charge on any atom is 0.270 e. The lowest BCUT2D eigenvalue weighted by Gasteiger charge is -2.53.